The van der Waals surface area contributed by atoms with Gasteiger partial charge in [0.25, 0.3) is 0 Å². The molecule has 6 heteroatoms. The standard InChI is InChI=1S/C15H24N4S2/c1-4-9-10(5-2)18-19-15(13(9)14(16)20)17-11-7-6-8-12(11)21-3/h11-12H,4-8H2,1-3H3,(H2,16,20)(H,17,19). The summed E-state index contributed by atoms with van der Waals surface area (Å²) in [6, 6.07) is 0.430. The molecule has 1 aromatic rings. The normalized spacial score (nSPS) is 21.5. The highest BCUT2D eigenvalue weighted by atomic mass is 32.2. The van der Waals surface area contributed by atoms with Gasteiger partial charge in [-0.25, -0.2) is 0 Å². The lowest BCUT2D eigenvalue weighted by Crippen LogP contribution is -2.29. The minimum atomic E-state index is 0.414. The summed E-state index contributed by atoms with van der Waals surface area (Å²) in [7, 11) is 0. The first kappa shape index (κ1) is 16.5. The molecule has 2 unspecified atom stereocenters. The molecule has 116 valence electrons. The van der Waals surface area contributed by atoms with Gasteiger partial charge in [0, 0.05) is 11.3 Å². The van der Waals surface area contributed by atoms with Gasteiger partial charge in [0.15, 0.2) is 5.82 Å². The van der Waals surface area contributed by atoms with Crippen LogP contribution in [0.5, 0.6) is 0 Å². The lowest BCUT2D eigenvalue weighted by molar-refractivity contribution is 0.753. The minimum absolute atomic E-state index is 0.414. The summed E-state index contributed by atoms with van der Waals surface area (Å²) in [5.74, 6) is 0.766. The second-order valence-electron chi connectivity index (χ2n) is 5.38. The molecule has 1 aromatic heterocycles. The Hall–Kier alpha value is -0.880. The van der Waals surface area contributed by atoms with Crippen molar-refractivity contribution in [2.45, 2.75) is 57.2 Å². The SMILES string of the molecule is CCc1nnc(NC2CCCC2SC)c(C(N)=S)c1CC. The highest BCUT2D eigenvalue weighted by molar-refractivity contribution is 7.99. The average Bonchev–Trinajstić information content (AvgIpc) is 2.93. The zero-order chi connectivity index (χ0) is 15.4. The van der Waals surface area contributed by atoms with E-state index in [2.05, 4.69) is 35.6 Å². The molecule has 0 bridgehead atoms. The summed E-state index contributed by atoms with van der Waals surface area (Å²) in [6.45, 7) is 4.20. The average molecular weight is 325 g/mol. The van der Waals surface area contributed by atoms with Gasteiger partial charge >= 0.3 is 0 Å². The molecule has 2 atom stereocenters. The van der Waals surface area contributed by atoms with Crippen molar-refractivity contribution in [2.24, 2.45) is 5.73 Å². The van der Waals surface area contributed by atoms with Gasteiger partial charge in [0.2, 0.25) is 0 Å². The molecule has 0 aliphatic heterocycles. The van der Waals surface area contributed by atoms with Crippen molar-refractivity contribution in [1.82, 2.24) is 10.2 Å². The molecule has 1 fully saturated rings. The Morgan fingerprint density at radius 2 is 2.10 bits per heavy atom. The molecular weight excluding hydrogens is 300 g/mol. The first-order valence-electron chi connectivity index (χ1n) is 7.59. The van der Waals surface area contributed by atoms with Gasteiger partial charge in [-0.3, -0.25) is 0 Å². The van der Waals surface area contributed by atoms with Gasteiger partial charge in [-0.2, -0.15) is 16.9 Å². The van der Waals surface area contributed by atoms with Crippen LogP contribution >= 0.6 is 24.0 Å². The van der Waals surface area contributed by atoms with E-state index in [1.54, 1.807) is 0 Å². The second-order valence-corrected chi connectivity index (χ2v) is 6.89. The van der Waals surface area contributed by atoms with Crippen molar-refractivity contribution in [3.05, 3.63) is 16.8 Å². The number of hydrogen-bond acceptors (Lipinski definition) is 5. The first-order valence-corrected chi connectivity index (χ1v) is 9.29. The molecule has 1 aliphatic rings. The summed E-state index contributed by atoms with van der Waals surface area (Å²) in [4.78, 5) is 0.414. The molecule has 1 heterocycles. The van der Waals surface area contributed by atoms with Crippen LogP contribution in [0.1, 0.15) is 49.9 Å². The van der Waals surface area contributed by atoms with Gasteiger partial charge in [-0.15, -0.1) is 5.10 Å². The van der Waals surface area contributed by atoms with Crippen LogP contribution in [-0.4, -0.2) is 32.7 Å². The van der Waals surface area contributed by atoms with E-state index in [-0.39, 0.29) is 0 Å². The highest BCUT2D eigenvalue weighted by Gasteiger charge is 2.28. The number of aromatic nitrogens is 2. The Bertz CT molecular complexity index is 519. The Kier molecular flexibility index (Phi) is 5.81. The number of thiocarbonyl (C=S) groups is 1. The number of hydrogen-bond donors (Lipinski definition) is 2. The summed E-state index contributed by atoms with van der Waals surface area (Å²) in [5, 5.41) is 12.9. The van der Waals surface area contributed by atoms with Crippen molar-refractivity contribution < 1.29 is 0 Å². The van der Waals surface area contributed by atoms with E-state index in [0.717, 1.165) is 35.5 Å². The summed E-state index contributed by atoms with van der Waals surface area (Å²) in [5.41, 5.74) is 9.01. The van der Waals surface area contributed by atoms with Crippen molar-refractivity contribution in [3.8, 4) is 0 Å². The van der Waals surface area contributed by atoms with Gasteiger partial charge in [0.1, 0.15) is 4.99 Å². The van der Waals surface area contributed by atoms with E-state index in [1.807, 2.05) is 11.8 Å². The van der Waals surface area contributed by atoms with Crippen molar-refractivity contribution in [2.75, 3.05) is 11.6 Å². The Labute approximate surface area is 136 Å². The van der Waals surface area contributed by atoms with E-state index in [9.17, 15) is 0 Å². The van der Waals surface area contributed by atoms with E-state index >= 15 is 0 Å². The number of aryl methyl sites for hydroxylation is 1. The zero-order valence-corrected chi connectivity index (χ0v) is 14.6. The second kappa shape index (κ2) is 7.40. The van der Waals surface area contributed by atoms with Crippen LogP contribution in [0, 0.1) is 0 Å². The monoisotopic (exact) mass is 324 g/mol. The Morgan fingerprint density at radius 3 is 2.67 bits per heavy atom. The molecule has 1 saturated carbocycles. The van der Waals surface area contributed by atoms with Crippen molar-refractivity contribution in [1.29, 1.82) is 0 Å². The van der Waals surface area contributed by atoms with Crippen LogP contribution < -0.4 is 11.1 Å². The van der Waals surface area contributed by atoms with E-state index in [4.69, 9.17) is 18.0 Å². The Morgan fingerprint density at radius 1 is 1.33 bits per heavy atom. The quantitative estimate of drug-likeness (QED) is 0.785. The number of nitrogens with zero attached hydrogens (tertiary/aromatic N) is 2. The van der Waals surface area contributed by atoms with Crippen molar-refractivity contribution in [3.63, 3.8) is 0 Å². The largest absolute Gasteiger partial charge is 0.389 e. The molecule has 0 aromatic carbocycles. The van der Waals surface area contributed by atoms with Gasteiger partial charge in [-0.05, 0) is 37.5 Å². The fourth-order valence-electron chi connectivity index (χ4n) is 3.09. The predicted molar refractivity (Wildman–Crippen MR) is 95.2 cm³/mol. The number of nitrogens with two attached hydrogens (primary N) is 1. The van der Waals surface area contributed by atoms with Crippen LogP contribution in [0.2, 0.25) is 0 Å². The lowest BCUT2D eigenvalue weighted by atomic mass is 10.0. The molecule has 0 radical (unpaired) electrons. The maximum atomic E-state index is 5.97. The number of thioether (sulfide) groups is 1. The summed E-state index contributed by atoms with van der Waals surface area (Å²) in [6.07, 6.45) is 7.57. The molecule has 1 aliphatic carbocycles. The molecule has 0 saturated heterocycles. The maximum absolute atomic E-state index is 5.97. The van der Waals surface area contributed by atoms with Crippen LogP contribution in [-0.2, 0) is 12.8 Å². The zero-order valence-electron chi connectivity index (χ0n) is 13.0. The van der Waals surface area contributed by atoms with Gasteiger partial charge in [-0.1, -0.05) is 32.5 Å². The van der Waals surface area contributed by atoms with Crippen molar-refractivity contribution >= 4 is 34.8 Å². The summed E-state index contributed by atoms with van der Waals surface area (Å²) < 4.78 is 0. The maximum Gasteiger partial charge on any atom is 0.159 e. The minimum Gasteiger partial charge on any atom is -0.389 e. The van der Waals surface area contributed by atoms with E-state index in [0.29, 0.717) is 16.3 Å². The topological polar surface area (TPSA) is 63.8 Å². The van der Waals surface area contributed by atoms with Crippen LogP contribution in [0.25, 0.3) is 0 Å². The Balaban J connectivity index is 2.36. The number of anilines is 1. The predicted octanol–water partition coefficient (Wildman–Crippen LogP) is 2.93. The molecule has 0 amide bonds. The third kappa shape index (κ3) is 3.48. The lowest BCUT2D eigenvalue weighted by Gasteiger charge is -2.22. The van der Waals surface area contributed by atoms with Gasteiger partial charge in [0.05, 0.1) is 11.3 Å². The number of rotatable bonds is 6. The van der Waals surface area contributed by atoms with Crippen LogP contribution in [0.4, 0.5) is 5.82 Å². The fraction of sp³-hybridized carbons (Fsp3) is 0.667. The van der Waals surface area contributed by atoms with Crippen LogP contribution in [0.3, 0.4) is 0 Å². The van der Waals surface area contributed by atoms with Crippen LogP contribution in [0.15, 0.2) is 0 Å². The van der Waals surface area contributed by atoms with E-state index in [1.165, 1.54) is 19.3 Å². The third-order valence-corrected chi connectivity index (χ3v) is 5.54. The molecule has 0 spiro atoms. The molecule has 21 heavy (non-hydrogen) atoms. The first-order chi connectivity index (χ1) is 10.1. The molecule has 3 N–H and O–H groups in total. The number of nitrogens with one attached hydrogen (secondary N) is 1. The summed E-state index contributed by atoms with van der Waals surface area (Å²) >= 11 is 7.19. The smallest absolute Gasteiger partial charge is 0.159 e. The van der Waals surface area contributed by atoms with Gasteiger partial charge < -0.3 is 11.1 Å². The molecule has 2 rings (SSSR count). The fourth-order valence-corrected chi connectivity index (χ4v) is 4.24. The highest BCUT2D eigenvalue weighted by Crippen LogP contribution is 2.32. The van der Waals surface area contributed by atoms with E-state index < -0.39 is 0 Å². The molecule has 4 nitrogen and oxygen atoms in total. The molecular formula is C15H24N4S2. The third-order valence-electron chi connectivity index (χ3n) is 4.17.